The van der Waals surface area contributed by atoms with E-state index >= 15 is 0 Å². The van der Waals surface area contributed by atoms with Gasteiger partial charge in [0.1, 0.15) is 0 Å². The average Bonchev–Trinajstić information content (AvgIpc) is 2.48. The van der Waals surface area contributed by atoms with Gasteiger partial charge in [0.2, 0.25) is 0 Å². The Bertz CT molecular complexity index is 867. The Morgan fingerprint density at radius 3 is 2.55 bits per heavy atom. The Labute approximate surface area is 127 Å². The second-order valence-corrected chi connectivity index (χ2v) is 6.74. The van der Waals surface area contributed by atoms with Crippen molar-refractivity contribution in [3.8, 4) is 0 Å². The molecule has 0 aliphatic carbocycles. The van der Waals surface area contributed by atoms with Crippen molar-refractivity contribution in [1.29, 1.82) is 0 Å². The molecule has 7 heteroatoms. The highest BCUT2D eigenvalue weighted by Gasteiger charge is 2.17. The van der Waals surface area contributed by atoms with Crippen molar-refractivity contribution in [2.75, 3.05) is 13.4 Å². The SMILES string of the molecule is COC(=O)c1ccc(Cn2ccccc2=O)c(S(C)(=O)=O)c1. The van der Waals surface area contributed by atoms with Crippen molar-refractivity contribution < 1.29 is 17.9 Å². The third-order valence-corrected chi connectivity index (χ3v) is 4.31. The van der Waals surface area contributed by atoms with Crippen LogP contribution in [-0.2, 0) is 21.1 Å². The lowest BCUT2D eigenvalue weighted by molar-refractivity contribution is 0.0600. The summed E-state index contributed by atoms with van der Waals surface area (Å²) in [5.74, 6) is -0.617. The number of rotatable bonds is 4. The van der Waals surface area contributed by atoms with Gasteiger partial charge in [-0.25, -0.2) is 13.2 Å². The van der Waals surface area contributed by atoms with E-state index in [2.05, 4.69) is 4.74 Å². The summed E-state index contributed by atoms with van der Waals surface area (Å²) < 4.78 is 29.9. The number of aromatic nitrogens is 1. The van der Waals surface area contributed by atoms with Crippen LogP contribution in [0.25, 0.3) is 0 Å². The lowest BCUT2D eigenvalue weighted by Crippen LogP contribution is -2.19. The average molecular weight is 321 g/mol. The molecule has 1 aromatic heterocycles. The molecule has 0 N–H and O–H groups in total. The monoisotopic (exact) mass is 321 g/mol. The Kier molecular flexibility index (Phi) is 4.46. The van der Waals surface area contributed by atoms with Gasteiger partial charge in [-0.05, 0) is 23.8 Å². The number of carbonyl (C=O) groups excluding carboxylic acids is 1. The number of hydrogen-bond acceptors (Lipinski definition) is 5. The van der Waals surface area contributed by atoms with Gasteiger partial charge in [0.25, 0.3) is 5.56 Å². The van der Waals surface area contributed by atoms with E-state index in [9.17, 15) is 18.0 Å². The summed E-state index contributed by atoms with van der Waals surface area (Å²) in [4.78, 5) is 23.3. The molecule has 0 aliphatic heterocycles. The first-order valence-electron chi connectivity index (χ1n) is 6.39. The Morgan fingerprint density at radius 1 is 1.23 bits per heavy atom. The second kappa shape index (κ2) is 6.15. The Hall–Kier alpha value is -2.41. The van der Waals surface area contributed by atoms with Crippen LogP contribution >= 0.6 is 0 Å². The zero-order chi connectivity index (χ0) is 16.3. The van der Waals surface area contributed by atoms with E-state index in [1.165, 1.54) is 35.9 Å². The lowest BCUT2D eigenvalue weighted by atomic mass is 10.1. The summed E-state index contributed by atoms with van der Waals surface area (Å²) in [5.41, 5.74) is 0.342. The number of carbonyl (C=O) groups is 1. The summed E-state index contributed by atoms with van der Waals surface area (Å²) in [6.45, 7) is 0.101. The van der Waals surface area contributed by atoms with Crippen LogP contribution in [0.15, 0.2) is 52.3 Å². The van der Waals surface area contributed by atoms with Crippen molar-refractivity contribution in [1.82, 2.24) is 4.57 Å². The van der Waals surface area contributed by atoms with Gasteiger partial charge in [-0.15, -0.1) is 0 Å². The zero-order valence-electron chi connectivity index (χ0n) is 12.1. The van der Waals surface area contributed by atoms with E-state index < -0.39 is 15.8 Å². The van der Waals surface area contributed by atoms with Gasteiger partial charge < -0.3 is 9.30 Å². The quantitative estimate of drug-likeness (QED) is 0.787. The summed E-state index contributed by atoms with van der Waals surface area (Å²) in [7, 11) is -2.33. The first-order chi connectivity index (χ1) is 10.3. The molecule has 0 unspecified atom stereocenters. The van der Waals surface area contributed by atoms with Crippen LogP contribution in [0.3, 0.4) is 0 Å². The van der Waals surface area contributed by atoms with E-state index in [-0.39, 0.29) is 22.6 Å². The van der Waals surface area contributed by atoms with Crippen molar-refractivity contribution in [3.63, 3.8) is 0 Å². The molecule has 0 radical (unpaired) electrons. The lowest BCUT2D eigenvalue weighted by Gasteiger charge is -2.11. The minimum absolute atomic E-state index is 0.00570. The minimum atomic E-state index is -3.55. The maximum atomic E-state index is 12.0. The summed E-state index contributed by atoms with van der Waals surface area (Å²) in [5, 5.41) is 0. The standard InChI is InChI=1S/C15H15NO5S/c1-21-15(18)11-6-7-12(13(9-11)22(2,19)20)10-16-8-4-3-5-14(16)17/h3-9H,10H2,1-2H3. The van der Waals surface area contributed by atoms with Crippen LogP contribution in [-0.4, -0.2) is 32.3 Å². The molecule has 0 amide bonds. The molecule has 116 valence electrons. The fourth-order valence-corrected chi connectivity index (χ4v) is 3.00. The molecule has 0 spiro atoms. The molecule has 0 aliphatic rings. The second-order valence-electron chi connectivity index (χ2n) is 4.75. The summed E-state index contributed by atoms with van der Waals surface area (Å²) in [6, 6.07) is 8.94. The van der Waals surface area contributed by atoms with Crippen molar-refractivity contribution in [2.24, 2.45) is 0 Å². The van der Waals surface area contributed by atoms with Gasteiger partial charge in [0.05, 0.1) is 24.1 Å². The zero-order valence-corrected chi connectivity index (χ0v) is 13.0. The molecule has 0 bridgehead atoms. The fourth-order valence-electron chi connectivity index (χ4n) is 2.05. The molecule has 0 atom stereocenters. The third-order valence-electron chi connectivity index (χ3n) is 3.13. The molecule has 2 aromatic rings. The molecular weight excluding hydrogens is 306 g/mol. The number of esters is 1. The molecule has 2 rings (SSSR count). The number of sulfone groups is 1. The number of ether oxygens (including phenoxy) is 1. The van der Waals surface area contributed by atoms with E-state index in [4.69, 9.17) is 0 Å². The van der Waals surface area contributed by atoms with E-state index in [0.717, 1.165) is 6.26 Å². The van der Waals surface area contributed by atoms with Crippen molar-refractivity contribution in [2.45, 2.75) is 11.4 Å². The molecule has 22 heavy (non-hydrogen) atoms. The molecule has 0 saturated heterocycles. The number of methoxy groups -OCH3 is 1. The largest absolute Gasteiger partial charge is 0.465 e. The molecule has 1 aromatic carbocycles. The minimum Gasteiger partial charge on any atom is -0.465 e. The molecule has 0 fully saturated rings. The maximum Gasteiger partial charge on any atom is 0.337 e. The predicted octanol–water partition coefficient (Wildman–Crippen LogP) is 1.09. The van der Waals surface area contributed by atoms with E-state index in [0.29, 0.717) is 5.56 Å². The van der Waals surface area contributed by atoms with Crippen molar-refractivity contribution in [3.05, 3.63) is 64.1 Å². The number of benzene rings is 1. The normalized spacial score (nSPS) is 11.2. The van der Waals surface area contributed by atoms with Crippen LogP contribution < -0.4 is 5.56 Å². The van der Waals surface area contributed by atoms with Gasteiger partial charge in [0.15, 0.2) is 9.84 Å². The first-order valence-corrected chi connectivity index (χ1v) is 8.29. The number of nitrogens with zero attached hydrogens (tertiary/aromatic N) is 1. The smallest absolute Gasteiger partial charge is 0.337 e. The molecule has 6 nitrogen and oxygen atoms in total. The Balaban J connectivity index is 2.54. The van der Waals surface area contributed by atoms with Crippen LogP contribution in [0.2, 0.25) is 0 Å². The highest BCUT2D eigenvalue weighted by Crippen LogP contribution is 2.19. The number of pyridine rings is 1. The summed E-state index contributed by atoms with van der Waals surface area (Å²) in [6.07, 6.45) is 2.63. The third kappa shape index (κ3) is 3.43. The molecule has 0 saturated carbocycles. The van der Waals surface area contributed by atoms with Gasteiger partial charge >= 0.3 is 5.97 Å². The number of hydrogen-bond donors (Lipinski definition) is 0. The van der Waals surface area contributed by atoms with Gasteiger partial charge in [-0.3, -0.25) is 4.79 Å². The van der Waals surface area contributed by atoms with Gasteiger partial charge in [-0.1, -0.05) is 12.1 Å². The molecule has 1 heterocycles. The van der Waals surface area contributed by atoms with Crippen LogP contribution in [0, 0.1) is 0 Å². The summed E-state index contributed by atoms with van der Waals surface area (Å²) >= 11 is 0. The van der Waals surface area contributed by atoms with Crippen LogP contribution in [0.4, 0.5) is 0 Å². The highest BCUT2D eigenvalue weighted by molar-refractivity contribution is 7.90. The predicted molar refractivity (Wildman–Crippen MR) is 80.7 cm³/mol. The van der Waals surface area contributed by atoms with Gasteiger partial charge in [-0.2, -0.15) is 0 Å². The van der Waals surface area contributed by atoms with Gasteiger partial charge in [0, 0.05) is 18.5 Å². The van der Waals surface area contributed by atoms with Crippen molar-refractivity contribution >= 4 is 15.8 Å². The van der Waals surface area contributed by atoms with Crippen LogP contribution in [0.1, 0.15) is 15.9 Å². The molecular formula is C15H15NO5S. The topological polar surface area (TPSA) is 82.4 Å². The maximum absolute atomic E-state index is 12.0. The Morgan fingerprint density at radius 2 is 1.95 bits per heavy atom. The first kappa shape index (κ1) is 16.0. The van der Waals surface area contributed by atoms with E-state index in [1.54, 1.807) is 18.3 Å². The highest BCUT2D eigenvalue weighted by atomic mass is 32.2. The van der Waals surface area contributed by atoms with Crippen LogP contribution in [0.5, 0.6) is 0 Å². The fraction of sp³-hybridized carbons (Fsp3) is 0.200. The van der Waals surface area contributed by atoms with E-state index in [1.807, 2.05) is 0 Å².